The third kappa shape index (κ3) is 3.45. The lowest BCUT2D eigenvalue weighted by molar-refractivity contribution is 0.140. The Morgan fingerprint density at radius 2 is 1.82 bits per heavy atom. The van der Waals surface area contributed by atoms with Gasteiger partial charge in [-0.1, -0.05) is 13.8 Å². The molecular formula is C15H30N2. The van der Waals surface area contributed by atoms with Crippen molar-refractivity contribution >= 4 is 0 Å². The summed E-state index contributed by atoms with van der Waals surface area (Å²) in [6.07, 6.45) is 7.02. The van der Waals surface area contributed by atoms with Gasteiger partial charge < -0.3 is 10.6 Å². The molecule has 17 heavy (non-hydrogen) atoms. The van der Waals surface area contributed by atoms with E-state index in [4.69, 9.17) is 5.73 Å². The van der Waals surface area contributed by atoms with Gasteiger partial charge in [0.05, 0.1) is 0 Å². The molecular weight excluding hydrogens is 208 g/mol. The SMILES string of the molecule is CC1CC(CN)CN1CC1CCC(C)(C)CC1. The van der Waals surface area contributed by atoms with E-state index in [0.29, 0.717) is 5.41 Å². The number of rotatable bonds is 3. The number of hydrogen-bond acceptors (Lipinski definition) is 2. The summed E-state index contributed by atoms with van der Waals surface area (Å²) in [6, 6.07) is 0.762. The molecule has 2 fully saturated rings. The molecule has 0 spiro atoms. The van der Waals surface area contributed by atoms with Gasteiger partial charge in [-0.25, -0.2) is 0 Å². The van der Waals surface area contributed by atoms with Crippen molar-refractivity contribution in [1.29, 1.82) is 0 Å². The van der Waals surface area contributed by atoms with E-state index in [0.717, 1.165) is 24.4 Å². The van der Waals surface area contributed by atoms with Crippen LogP contribution < -0.4 is 5.73 Å². The van der Waals surface area contributed by atoms with Crippen LogP contribution in [0.25, 0.3) is 0 Å². The third-order valence-electron chi connectivity index (χ3n) is 5.08. The summed E-state index contributed by atoms with van der Waals surface area (Å²) in [7, 11) is 0. The van der Waals surface area contributed by atoms with E-state index in [2.05, 4.69) is 25.7 Å². The summed E-state index contributed by atoms with van der Waals surface area (Å²) < 4.78 is 0. The molecule has 0 aromatic rings. The number of nitrogens with two attached hydrogens (primary N) is 1. The Hall–Kier alpha value is -0.0800. The van der Waals surface area contributed by atoms with E-state index < -0.39 is 0 Å². The minimum Gasteiger partial charge on any atom is -0.330 e. The van der Waals surface area contributed by atoms with E-state index in [1.807, 2.05) is 0 Å². The second-order valence-electron chi connectivity index (χ2n) is 7.25. The highest BCUT2D eigenvalue weighted by Crippen LogP contribution is 2.39. The maximum atomic E-state index is 5.80. The molecule has 1 saturated carbocycles. The molecule has 2 heteroatoms. The zero-order valence-corrected chi connectivity index (χ0v) is 11.9. The summed E-state index contributed by atoms with van der Waals surface area (Å²) >= 11 is 0. The molecule has 100 valence electrons. The molecule has 1 heterocycles. The van der Waals surface area contributed by atoms with Crippen LogP contribution in [-0.2, 0) is 0 Å². The Kier molecular flexibility index (Phi) is 4.14. The van der Waals surface area contributed by atoms with Gasteiger partial charge in [-0.15, -0.1) is 0 Å². The first-order valence-corrected chi connectivity index (χ1v) is 7.44. The molecule has 2 aliphatic rings. The lowest BCUT2D eigenvalue weighted by atomic mass is 9.73. The predicted molar refractivity (Wildman–Crippen MR) is 73.9 cm³/mol. The number of nitrogens with zero attached hydrogens (tertiary/aromatic N) is 1. The molecule has 0 aromatic heterocycles. The third-order valence-corrected chi connectivity index (χ3v) is 5.08. The molecule has 2 nitrogen and oxygen atoms in total. The van der Waals surface area contributed by atoms with Crippen LogP contribution >= 0.6 is 0 Å². The summed E-state index contributed by atoms with van der Waals surface area (Å²) in [5.41, 5.74) is 6.40. The van der Waals surface area contributed by atoms with Crippen molar-refractivity contribution in [2.75, 3.05) is 19.6 Å². The molecule has 1 aliphatic heterocycles. The Balaban J connectivity index is 1.78. The number of likely N-dealkylation sites (tertiary alicyclic amines) is 1. The lowest BCUT2D eigenvalue weighted by Gasteiger charge is -2.36. The fourth-order valence-corrected chi connectivity index (χ4v) is 3.62. The average molecular weight is 238 g/mol. The minimum absolute atomic E-state index is 0.604. The van der Waals surface area contributed by atoms with E-state index in [1.54, 1.807) is 0 Å². The lowest BCUT2D eigenvalue weighted by Crippen LogP contribution is -2.35. The van der Waals surface area contributed by atoms with Crippen LogP contribution in [-0.4, -0.2) is 30.6 Å². The first-order valence-electron chi connectivity index (χ1n) is 7.44. The van der Waals surface area contributed by atoms with Gasteiger partial charge in [0.15, 0.2) is 0 Å². The van der Waals surface area contributed by atoms with Gasteiger partial charge in [0.25, 0.3) is 0 Å². The van der Waals surface area contributed by atoms with Crippen LogP contribution in [0.15, 0.2) is 0 Å². The first kappa shape index (κ1) is 13.4. The maximum Gasteiger partial charge on any atom is 0.00707 e. The molecule has 1 saturated heterocycles. The summed E-state index contributed by atoms with van der Waals surface area (Å²) in [5.74, 6) is 1.70. The van der Waals surface area contributed by atoms with Crippen molar-refractivity contribution < 1.29 is 0 Å². The van der Waals surface area contributed by atoms with Gasteiger partial charge in [0.1, 0.15) is 0 Å². The van der Waals surface area contributed by atoms with E-state index >= 15 is 0 Å². The van der Waals surface area contributed by atoms with Gasteiger partial charge in [0, 0.05) is 19.1 Å². The average Bonchev–Trinajstić information content (AvgIpc) is 2.63. The summed E-state index contributed by atoms with van der Waals surface area (Å²) in [5, 5.41) is 0. The molecule has 0 bridgehead atoms. The van der Waals surface area contributed by atoms with E-state index in [1.165, 1.54) is 45.2 Å². The fourth-order valence-electron chi connectivity index (χ4n) is 3.62. The van der Waals surface area contributed by atoms with Gasteiger partial charge in [-0.05, 0) is 62.8 Å². The Morgan fingerprint density at radius 3 is 2.35 bits per heavy atom. The normalized spacial score (nSPS) is 35.3. The van der Waals surface area contributed by atoms with Crippen molar-refractivity contribution in [3.8, 4) is 0 Å². The van der Waals surface area contributed by atoms with Crippen molar-refractivity contribution in [3.05, 3.63) is 0 Å². The fraction of sp³-hybridized carbons (Fsp3) is 1.00. The Labute approximate surface area is 107 Å². The quantitative estimate of drug-likeness (QED) is 0.819. The zero-order chi connectivity index (χ0) is 12.5. The molecule has 2 rings (SSSR count). The first-order chi connectivity index (χ1) is 8.00. The monoisotopic (exact) mass is 238 g/mol. The molecule has 2 atom stereocenters. The Bertz CT molecular complexity index is 239. The standard InChI is InChI=1S/C15H30N2/c1-12-8-14(9-16)11-17(12)10-13-4-6-15(2,3)7-5-13/h12-14H,4-11,16H2,1-3H3. The van der Waals surface area contributed by atoms with Crippen LogP contribution in [0.1, 0.15) is 52.9 Å². The highest BCUT2D eigenvalue weighted by molar-refractivity contribution is 4.86. The van der Waals surface area contributed by atoms with E-state index in [9.17, 15) is 0 Å². The highest BCUT2D eigenvalue weighted by atomic mass is 15.2. The summed E-state index contributed by atoms with van der Waals surface area (Å²) in [6.45, 7) is 10.7. The largest absolute Gasteiger partial charge is 0.330 e. The van der Waals surface area contributed by atoms with Gasteiger partial charge >= 0.3 is 0 Å². The van der Waals surface area contributed by atoms with Crippen LogP contribution in [0.3, 0.4) is 0 Å². The molecule has 2 unspecified atom stereocenters. The van der Waals surface area contributed by atoms with Gasteiger partial charge in [-0.2, -0.15) is 0 Å². The minimum atomic E-state index is 0.604. The van der Waals surface area contributed by atoms with Gasteiger partial charge in [0.2, 0.25) is 0 Å². The maximum absolute atomic E-state index is 5.80. The predicted octanol–water partition coefficient (Wildman–Crippen LogP) is 2.87. The Morgan fingerprint density at radius 1 is 1.18 bits per heavy atom. The second kappa shape index (κ2) is 5.27. The summed E-state index contributed by atoms with van der Waals surface area (Å²) in [4.78, 5) is 2.69. The van der Waals surface area contributed by atoms with Crippen molar-refractivity contribution in [2.24, 2.45) is 23.0 Å². The smallest absolute Gasteiger partial charge is 0.00707 e. The topological polar surface area (TPSA) is 29.3 Å². The molecule has 0 amide bonds. The zero-order valence-electron chi connectivity index (χ0n) is 11.9. The van der Waals surface area contributed by atoms with E-state index in [-0.39, 0.29) is 0 Å². The van der Waals surface area contributed by atoms with Crippen LogP contribution in [0.4, 0.5) is 0 Å². The van der Waals surface area contributed by atoms with Crippen molar-refractivity contribution in [3.63, 3.8) is 0 Å². The van der Waals surface area contributed by atoms with Crippen molar-refractivity contribution in [1.82, 2.24) is 4.90 Å². The van der Waals surface area contributed by atoms with Crippen LogP contribution in [0.2, 0.25) is 0 Å². The molecule has 1 aliphatic carbocycles. The van der Waals surface area contributed by atoms with Crippen molar-refractivity contribution in [2.45, 2.75) is 58.9 Å². The molecule has 0 radical (unpaired) electrons. The van der Waals surface area contributed by atoms with Crippen LogP contribution in [0.5, 0.6) is 0 Å². The highest BCUT2D eigenvalue weighted by Gasteiger charge is 2.32. The van der Waals surface area contributed by atoms with Crippen LogP contribution in [0, 0.1) is 17.3 Å². The molecule has 2 N–H and O–H groups in total. The number of hydrogen-bond donors (Lipinski definition) is 1. The second-order valence-corrected chi connectivity index (χ2v) is 7.25. The molecule has 0 aromatic carbocycles. The van der Waals surface area contributed by atoms with Gasteiger partial charge in [-0.3, -0.25) is 0 Å².